The van der Waals surface area contributed by atoms with Gasteiger partial charge in [-0.15, -0.1) is 0 Å². The van der Waals surface area contributed by atoms with Crippen molar-refractivity contribution in [1.29, 1.82) is 0 Å². The topological polar surface area (TPSA) is 106 Å². The van der Waals surface area contributed by atoms with Crippen molar-refractivity contribution in [1.82, 2.24) is 5.32 Å². The fourth-order valence-corrected chi connectivity index (χ4v) is 4.22. The number of aryl methyl sites for hydroxylation is 1. The summed E-state index contributed by atoms with van der Waals surface area (Å²) in [7, 11) is 0. The number of hydrogen-bond donors (Lipinski definition) is 1. The Morgan fingerprint density at radius 2 is 1.91 bits per heavy atom. The number of furan rings is 1. The molecule has 8 nitrogen and oxygen atoms in total. The number of rotatable bonds is 4. The lowest BCUT2D eigenvalue weighted by molar-refractivity contribution is -0.384. The number of amides is 2. The lowest BCUT2D eigenvalue weighted by Gasteiger charge is -2.30. The summed E-state index contributed by atoms with van der Waals surface area (Å²) in [5, 5.41) is 13.5. The van der Waals surface area contributed by atoms with Crippen LogP contribution in [-0.2, 0) is 9.59 Å². The number of non-ortho nitro benzene ring substituents is 1. The summed E-state index contributed by atoms with van der Waals surface area (Å²) >= 11 is 8.58. The molecule has 1 aliphatic rings. The van der Waals surface area contributed by atoms with Gasteiger partial charge in [-0.2, -0.15) is 0 Å². The van der Waals surface area contributed by atoms with Crippen LogP contribution in [0.15, 0.2) is 63.0 Å². The van der Waals surface area contributed by atoms with Gasteiger partial charge in [0, 0.05) is 22.2 Å². The minimum Gasteiger partial charge on any atom is -0.457 e. The van der Waals surface area contributed by atoms with E-state index in [9.17, 15) is 19.7 Å². The smallest absolute Gasteiger partial charge is 0.270 e. The highest BCUT2D eigenvalue weighted by Crippen LogP contribution is 2.33. The van der Waals surface area contributed by atoms with Gasteiger partial charge >= 0.3 is 0 Å². The maximum absolute atomic E-state index is 13.2. The number of nitro groups is 1. The molecule has 2 amide bonds. The van der Waals surface area contributed by atoms with E-state index in [1.54, 1.807) is 24.3 Å². The van der Waals surface area contributed by atoms with E-state index in [0.29, 0.717) is 21.5 Å². The highest BCUT2D eigenvalue weighted by molar-refractivity contribution is 9.10. The van der Waals surface area contributed by atoms with Crippen LogP contribution in [0.4, 0.5) is 11.4 Å². The Bertz CT molecular complexity index is 1380. The predicted octanol–water partition coefficient (Wildman–Crippen LogP) is 5.07. The summed E-state index contributed by atoms with van der Waals surface area (Å²) in [6.07, 6.45) is 1.35. The van der Waals surface area contributed by atoms with Gasteiger partial charge in [0.05, 0.1) is 10.6 Å². The zero-order valence-corrected chi connectivity index (χ0v) is 19.8. The molecule has 33 heavy (non-hydrogen) atoms. The number of nitrogens with zero attached hydrogens (tertiary/aromatic N) is 2. The van der Waals surface area contributed by atoms with Crippen LogP contribution in [0.3, 0.4) is 0 Å². The quantitative estimate of drug-likeness (QED) is 0.167. The van der Waals surface area contributed by atoms with E-state index >= 15 is 0 Å². The van der Waals surface area contributed by atoms with Crippen LogP contribution in [0.2, 0.25) is 0 Å². The lowest BCUT2D eigenvalue weighted by atomic mass is 10.0. The summed E-state index contributed by atoms with van der Waals surface area (Å²) in [5.41, 5.74) is 2.83. The first-order valence-corrected chi connectivity index (χ1v) is 10.9. The van der Waals surface area contributed by atoms with Crippen molar-refractivity contribution >= 4 is 62.5 Å². The van der Waals surface area contributed by atoms with Gasteiger partial charge in [0.2, 0.25) is 0 Å². The molecule has 2 heterocycles. The molecule has 0 atom stereocenters. The highest BCUT2D eigenvalue weighted by atomic mass is 79.9. The zero-order valence-electron chi connectivity index (χ0n) is 17.4. The first kappa shape index (κ1) is 22.6. The van der Waals surface area contributed by atoms with Crippen molar-refractivity contribution in [2.75, 3.05) is 4.90 Å². The highest BCUT2D eigenvalue weighted by Gasteiger charge is 2.35. The summed E-state index contributed by atoms with van der Waals surface area (Å²) < 4.78 is 6.28. The number of nitrogens with one attached hydrogen (secondary N) is 1. The van der Waals surface area contributed by atoms with Gasteiger partial charge in [-0.1, -0.05) is 12.1 Å². The van der Waals surface area contributed by atoms with Gasteiger partial charge in [0.15, 0.2) is 5.11 Å². The van der Waals surface area contributed by atoms with Crippen molar-refractivity contribution in [2.45, 2.75) is 13.8 Å². The van der Waals surface area contributed by atoms with E-state index in [1.165, 1.54) is 23.1 Å². The molecule has 0 saturated carbocycles. The van der Waals surface area contributed by atoms with E-state index in [2.05, 4.69) is 21.2 Å². The van der Waals surface area contributed by atoms with Crippen molar-refractivity contribution in [3.05, 3.63) is 85.6 Å². The molecule has 1 aromatic heterocycles. The Morgan fingerprint density at radius 1 is 1.15 bits per heavy atom. The maximum Gasteiger partial charge on any atom is 0.270 e. The molecule has 3 aromatic rings. The number of carbonyl (C=O) groups is 2. The van der Waals surface area contributed by atoms with Crippen LogP contribution in [0, 0.1) is 24.0 Å². The Morgan fingerprint density at radius 3 is 2.61 bits per heavy atom. The Balaban J connectivity index is 1.69. The summed E-state index contributed by atoms with van der Waals surface area (Å²) in [6.45, 7) is 3.80. The molecule has 1 saturated heterocycles. The van der Waals surface area contributed by atoms with E-state index in [0.717, 1.165) is 11.1 Å². The van der Waals surface area contributed by atoms with Crippen molar-refractivity contribution in [2.24, 2.45) is 0 Å². The van der Waals surface area contributed by atoms with Gasteiger partial charge in [0.25, 0.3) is 17.5 Å². The van der Waals surface area contributed by atoms with Crippen LogP contribution >= 0.6 is 28.1 Å². The second-order valence-electron chi connectivity index (χ2n) is 7.30. The lowest BCUT2D eigenvalue weighted by Crippen LogP contribution is -2.54. The van der Waals surface area contributed by atoms with Crippen LogP contribution in [0.5, 0.6) is 0 Å². The summed E-state index contributed by atoms with van der Waals surface area (Å²) in [5.74, 6) is -0.510. The summed E-state index contributed by atoms with van der Waals surface area (Å²) in [6, 6.07) is 13.0. The zero-order chi connectivity index (χ0) is 23.9. The first-order chi connectivity index (χ1) is 15.7. The summed E-state index contributed by atoms with van der Waals surface area (Å²) in [4.78, 5) is 37.5. The van der Waals surface area contributed by atoms with E-state index < -0.39 is 16.7 Å². The number of halogens is 1. The monoisotopic (exact) mass is 525 g/mol. The van der Waals surface area contributed by atoms with E-state index in [4.69, 9.17) is 16.6 Å². The fraction of sp³-hybridized carbons (Fsp3) is 0.0870. The van der Waals surface area contributed by atoms with Crippen LogP contribution in [0.25, 0.3) is 17.4 Å². The third-order valence-corrected chi connectivity index (χ3v) is 6.20. The molecule has 0 radical (unpaired) electrons. The van der Waals surface area contributed by atoms with Gasteiger partial charge in [-0.05, 0) is 83.5 Å². The molecule has 2 aromatic carbocycles. The van der Waals surface area contributed by atoms with Crippen molar-refractivity contribution in [3.63, 3.8) is 0 Å². The molecule has 166 valence electrons. The second kappa shape index (κ2) is 8.72. The molecule has 0 bridgehead atoms. The molecule has 4 rings (SSSR count). The average Bonchev–Trinajstić information content (AvgIpc) is 3.22. The minimum atomic E-state index is -0.624. The van der Waals surface area contributed by atoms with Gasteiger partial charge in [-0.25, -0.2) is 0 Å². The molecule has 1 N–H and O–H groups in total. The predicted molar refractivity (Wildman–Crippen MR) is 131 cm³/mol. The number of thiocarbonyl (C=S) groups is 1. The van der Waals surface area contributed by atoms with E-state index in [1.807, 2.05) is 26.0 Å². The number of nitro benzene ring substituents is 1. The molecular weight excluding hydrogens is 510 g/mol. The largest absolute Gasteiger partial charge is 0.457 e. The third kappa shape index (κ3) is 4.22. The Hall–Kier alpha value is -3.63. The molecule has 0 aliphatic carbocycles. The molecule has 1 fully saturated rings. The molecule has 0 spiro atoms. The molecular formula is C23H16BrN3O5S. The third-order valence-electron chi connectivity index (χ3n) is 5.26. The normalized spacial score (nSPS) is 15.2. The van der Waals surface area contributed by atoms with Crippen LogP contribution in [-0.4, -0.2) is 21.9 Å². The number of anilines is 1. The van der Waals surface area contributed by atoms with E-state index in [-0.39, 0.29) is 22.1 Å². The van der Waals surface area contributed by atoms with Crippen LogP contribution in [0.1, 0.15) is 16.9 Å². The van der Waals surface area contributed by atoms with Gasteiger partial charge in [0.1, 0.15) is 17.1 Å². The SMILES string of the molecule is Cc1cccc(N2C(=O)/C(=C\c3ccc(-c4ccc([N+](=O)[O-])cc4Br)o3)C(=O)NC2=S)c1C. The minimum absolute atomic E-state index is 0.00537. The van der Waals surface area contributed by atoms with Gasteiger partial charge in [-0.3, -0.25) is 29.9 Å². The first-order valence-electron chi connectivity index (χ1n) is 9.69. The number of benzene rings is 2. The second-order valence-corrected chi connectivity index (χ2v) is 8.54. The molecule has 1 aliphatic heterocycles. The molecule has 10 heteroatoms. The van der Waals surface area contributed by atoms with Crippen molar-refractivity contribution < 1.29 is 18.9 Å². The fourth-order valence-electron chi connectivity index (χ4n) is 3.39. The maximum atomic E-state index is 13.2. The Labute approximate surface area is 202 Å². The Kier molecular flexibility index (Phi) is 5.96. The van der Waals surface area contributed by atoms with Crippen molar-refractivity contribution in [3.8, 4) is 11.3 Å². The number of hydrogen-bond acceptors (Lipinski definition) is 6. The standard InChI is InChI=1S/C23H16BrN3O5S/c1-12-4-3-5-19(13(12)2)26-22(29)17(21(28)25-23(26)33)11-15-7-9-20(32-15)16-8-6-14(27(30)31)10-18(16)24/h3-11H,1-2H3,(H,25,28,33)/b17-11-. The molecule has 0 unspecified atom stereocenters. The average molecular weight is 526 g/mol. The number of carbonyl (C=O) groups excluding carboxylic acids is 2. The van der Waals surface area contributed by atoms with Crippen LogP contribution < -0.4 is 10.2 Å². The van der Waals surface area contributed by atoms with Gasteiger partial charge < -0.3 is 4.42 Å².